The lowest BCUT2D eigenvalue weighted by Crippen LogP contribution is -2.39. The van der Waals surface area contributed by atoms with Gasteiger partial charge in [-0.15, -0.1) is 0 Å². The molecule has 0 aliphatic carbocycles. The van der Waals surface area contributed by atoms with Crippen LogP contribution in [-0.4, -0.2) is 50.6 Å². The fourth-order valence-corrected chi connectivity index (χ4v) is 4.66. The zero-order chi connectivity index (χ0) is 19.3. The molecule has 1 aliphatic rings. The largest absolute Gasteiger partial charge is 0.478 e. The summed E-state index contributed by atoms with van der Waals surface area (Å²) in [5.41, 5.74) is -0.652. The van der Waals surface area contributed by atoms with E-state index in [1.807, 2.05) is 0 Å². The summed E-state index contributed by atoms with van der Waals surface area (Å²) in [6, 6.07) is 2.77. The minimum absolute atomic E-state index is 0.241. The number of carboxylic acid groups (broad SMARTS) is 1. The van der Waals surface area contributed by atoms with Crippen molar-refractivity contribution in [2.75, 3.05) is 26.2 Å². The number of likely N-dealkylation sites (tertiary alicyclic amines) is 1. The molecule has 1 saturated heterocycles. The quantitative estimate of drug-likeness (QED) is 0.671. The lowest BCUT2D eigenvalue weighted by molar-refractivity contribution is 0.0691. The van der Waals surface area contributed by atoms with E-state index in [1.54, 1.807) is 0 Å². The molecule has 0 bridgehead atoms. The Kier molecular flexibility index (Phi) is 7.14. The Labute approximate surface area is 154 Å². The molecule has 0 spiro atoms. The van der Waals surface area contributed by atoms with Crippen LogP contribution in [0.1, 0.15) is 43.5 Å². The Morgan fingerprint density at radius 1 is 1.27 bits per heavy atom. The highest BCUT2D eigenvalue weighted by Crippen LogP contribution is 2.21. The predicted octanol–water partition coefficient (Wildman–Crippen LogP) is 2.56. The Balaban J connectivity index is 1.81. The van der Waals surface area contributed by atoms with E-state index in [4.69, 9.17) is 5.11 Å². The van der Waals surface area contributed by atoms with Gasteiger partial charge < -0.3 is 10.0 Å². The number of aromatic carboxylic acids is 1. The van der Waals surface area contributed by atoms with Crippen molar-refractivity contribution in [3.8, 4) is 0 Å². The molecule has 1 heterocycles. The van der Waals surface area contributed by atoms with Crippen LogP contribution in [0, 0.1) is 17.7 Å². The molecule has 1 fully saturated rings. The van der Waals surface area contributed by atoms with E-state index in [0.29, 0.717) is 18.3 Å². The first kappa shape index (κ1) is 20.8. The van der Waals surface area contributed by atoms with Crippen LogP contribution in [-0.2, 0) is 10.0 Å². The van der Waals surface area contributed by atoms with Gasteiger partial charge in [0.25, 0.3) is 0 Å². The summed E-state index contributed by atoms with van der Waals surface area (Å²) in [5, 5.41) is 8.90. The number of hydrogen-bond acceptors (Lipinski definition) is 4. The van der Waals surface area contributed by atoms with Crippen molar-refractivity contribution in [2.45, 2.75) is 38.0 Å². The molecule has 0 saturated carbocycles. The van der Waals surface area contributed by atoms with Gasteiger partial charge in [-0.3, -0.25) is 0 Å². The highest BCUT2D eigenvalue weighted by Gasteiger charge is 2.21. The van der Waals surface area contributed by atoms with Crippen LogP contribution in [0.15, 0.2) is 23.1 Å². The number of halogens is 1. The normalized spacial score (nSPS) is 21.7. The van der Waals surface area contributed by atoms with Crippen molar-refractivity contribution in [1.29, 1.82) is 0 Å². The van der Waals surface area contributed by atoms with Gasteiger partial charge in [-0.25, -0.2) is 22.3 Å². The van der Waals surface area contributed by atoms with Gasteiger partial charge in [-0.05, 0) is 55.8 Å². The summed E-state index contributed by atoms with van der Waals surface area (Å²) in [7, 11) is -3.85. The number of hydrogen-bond donors (Lipinski definition) is 2. The van der Waals surface area contributed by atoms with Crippen molar-refractivity contribution < 1.29 is 22.7 Å². The molecule has 1 aliphatic heterocycles. The lowest BCUT2D eigenvalue weighted by atomic mass is 9.92. The average molecular weight is 386 g/mol. The fraction of sp³-hybridized carbons (Fsp3) is 0.611. The van der Waals surface area contributed by atoms with Gasteiger partial charge in [0, 0.05) is 19.6 Å². The molecule has 2 atom stereocenters. The van der Waals surface area contributed by atoms with Crippen molar-refractivity contribution >= 4 is 16.0 Å². The first-order valence-electron chi connectivity index (χ1n) is 8.94. The highest BCUT2D eigenvalue weighted by molar-refractivity contribution is 7.89. The molecule has 0 radical (unpaired) electrons. The van der Waals surface area contributed by atoms with Gasteiger partial charge >= 0.3 is 5.97 Å². The molecule has 8 heteroatoms. The smallest absolute Gasteiger partial charge is 0.338 e. The standard InChI is InChI=1S/C18H27FN2O4S/c1-13-9-14(2)12-21(11-13)8-4-3-7-20-26(24,25)15-5-6-17(19)16(10-15)18(22)23/h5-6,10,13-14,20H,3-4,7-9,11-12H2,1-2H3,(H,22,23)/t13-,14-/m0/s1. The third kappa shape index (κ3) is 5.75. The minimum atomic E-state index is -3.85. The summed E-state index contributed by atoms with van der Waals surface area (Å²) in [5.74, 6) is -1.07. The third-order valence-electron chi connectivity index (χ3n) is 4.62. The SMILES string of the molecule is C[C@H]1C[C@H](C)CN(CCCCNS(=O)(=O)c2ccc(F)c(C(=O)O)c2)C1. The van der Waals surface area contributed by atoms with E-state index in [1.165, 1.54) is 6.42 Å². The first-order chi connectivity index (χ1) is 12.2. The van der Waals surface area contributed by atoms with Crippen molar-refractivity contribution in [1.82, 2.24) is 9.62 Å². The van der Waals surface area contributed by atoms with Crippen LogP contribution in [0.4, 0.5) is 4.39 Å². The molecule has 146 valence electrons. The Hall–Kier alpha value is -1.51. The second kappa shape index (κ2) is 8.92. The van der Waals surface area contributed by atoms with Crippen molar-refractivity contribution in [3.05, 3.63) is 29.6 Å². The number of sulfonamides is 1. The second-order valence-corrected chi connectivity index (χ2v) is 9.02. The van der Waals surface area contributed by atoms with Crippen molar-refractivity contribution in [2.24, 2.45) is 11.8 Å². The van der Waals surface area contributed by atoms with Crippen LogP contribution in [0.2, 0.25) is 0 Å². The van der Waals surface area contributed by atoms with E-state index in [2.05, 4.69) is 23.5 Å². The summed E-state index contributed by atoms with van der Waals surface area (Å²) in [4.78, 5) is 13.1. The Morgan fingerprint density at radius 2 is 1.92 bits per heavy atom. The number of carbonyl (C=O) groups is 1. The minimum Gasteiger partial charge on any atom is -0.478 e. The van der Waals surface area contributed by atoms with Gasteiger partial charge in [-0.1, -0.05) is 13.8 Å². The number of carboxylic acids is 1. The first-order valence-corrected chi connectivity index (χ1v) is 10.4. The maximum Gasteiger partial charge on any atom is 0.338 e. The Morgan fingerprint density at radius 3 is 2.54 bits per heavy atom. The van der Waals surface area contributed by atoms with Gasteiger partial charge in [-0.2, -0.15) is 0 Å². The zero-order valence-electron chi connectivity index (χ0n) is 15.2. The van der Waals surface area contributed by atoms with E-state index in [0.717, 1.165) is 44.3 Å². The van der Waals surface area contributed by atoms with Crippen LogP contribution < -0.4 is 4.72 Å². The zero-order valence-corrected chi connectivity index (χ0v) is 16.1. The number of unbranched alkanes of at least 4 members (excludes halogenated alkanes) is 1. The molecule has 1 aromatic carbocycles. The van der Waals surface area contributed by atoms with Crippen LogP contribution >= 0.6 is 0 Å². The van der Waals surface area contributed by atoms with Gasteiger partial charge in [0.05, 0.1) is 10.5 Å². The Bertz CT molecular complexity index is 729. The topological polar surface area (TPSA) is 86.7 Å². The third-order valence-corrected chi connectivity index (χ3v) is 6.07. The van der Waals surface area contributed by atoms with Crippen molar-refractivity contribution in [3.63, 3.8) is 0 Å². The van der Waals surface area contributed by atoms with Gasteiger partial charge in [0.1, 0.15) is 5.82 Å². The molecular weight excluding hydrogens is 359 g/mol. The maximum atomic E-state index is 13.4. The molecule has 1 aromatic rings. The number of nitrogens with zero attached hydrogens (tertiary/aromatic N) is 1. The average Bonchev–Trinajstić information content (AvgIpc) is 2.53. The summed E-state index contributed by atoms with van der Waals surface area (Å²) in [6.45, 7) is 7.89. The number of piperidine rings is 1. The van der Waals surface area contributed by atoms with E-state index in [9.17, 15) is 17.6 Å². The van der Waals surface area contributed by atoms with E-state index in [-0.39, 0.29) is 11.4 Å². The van der Waals surface area contributed by atoms with Crippen LogP contribution in [0.5, 0.6) is 0 Å². The van der Waals surface area contributed by atoms with Crippen LogP contribution in [0.3, 0.4) is 0 Å². The number of benzene rings is 1. The molecule has 2 rings (SSSR count). The molecule has 2 N–H and O–H groups in total. The monoisotopic (exact) mass is 386 g/mol. The molecule has 26 heavy (non-hydrogen) atoms. The van der Waals surface area contributed by atoms with Gasteiger partial charge in [0.15, 0.2) is 0 Å². The van der Waals surface area contributed by atoms with Crippen LogP contribution in [0.25, 0.3) is 0 Å². The fourth-order valence-electron chi connectivity index (χ4n) is 3.56. The lowest BCUT2D eigenvalue weighted by Gasteiger charge is -2.34. The highest BCUT2D eigenvalue weighted by atomic mass is 32.2. The second-order valence-electron chi connectivity index (χ2n) is 7.26. The van der Waals surface area contributed by atoms with E-state index >= 15 is 0 Å². The summed E-state index contributed by atoms with van der Waals surface area (Å²) >= 11 is 0. The maximum absolute atomic E-state index is 13.4. The molecule has 6 nitrogen and oxygen atoms in total. The molecule has 0 unspecified atom stereocenters. The summed E-state index contributed by atoms with van der Waals surface area (Å²) < 4.78 is 40.3. The van der Waals surface area contributed by atoms with Gasteiger partial charge in [0.2, 0.25) is 10.0 Å². The number of nitrogens with one attached hydrogen (secondary N) is 1. The molecular formula is C18H27FN2O4S. The predicted molar refractivity (Wildman–Crippen MR) is 97.2 cm³/mol. The number of rotatable bonds is 8. The molecule has 0 aromatic heterocycles. The van der Waals surface area contributed by atoms with E-state index < -0.39 is 27.4 Å². The summed E-state index contributed by atoms with van der Waals surface area (Å²) in [6.07, 6.45) is 2.82. The molecule has 0 amide bonds.